The van der Waals surface area contributed by atoms with Crippen LogP contribution in [0.15, 0.2) is 18.2 Å². The van der Waals surface area contributed by atoms with E-state index in [2.05, 4.69) is 4.98 Å². The molecule has 30 heavy (non-hydrogen) atoms. The third-order valence-electron chi connectivity index (χ3n) is 3.92. The summed E-state index contributed by atoms with van der Waals surface area (Å²) in [6.45, 7) is 1.31. The minimum Gasteiger partial charge on any atom is -0.253 e. The highest BCUT2D eigenvalue weighted by molar-refractivity contribution is 7.79. The summed E-state index contributed by atoms with van der Waals surface area (Å²) >= 11 is 0. The van der Waals surface area contributed by atoms with Crippen LogP contribution >= 0.6 is 7.92 Å². The van der Waals surface area contributed by atoms with Crippen molar-refractivity contribution in [2.45, 2.75) is 6.92 Å². The number of aromatic nitrogens is 1. The van der Waals surface area contributed by atoms with E-state index in [9.17, 15) is 43.9 Å². The molecular formula is C18H6F10NP. The molecule has 12 heteroatoms. The Morgan fingerprint density at radius 3 is 1.20 bits per heavy atom. The summed E-state index contributed by atoms with van der Waals surface area (Å²) in [6, 6.07) is 3.37. The number of pyridine rings is 1. The standard InChI is InChI=1S/C18H6F10NP/c1-5-3-2-4-6(29-5)30(17-13(25)9(21)7(19)10(22)14(17)26)18-15(27)11(23)8(20)12(24)16(18)28/h2-4H,1H3. The second kappa shape index (κ2) is 7.86. The molecule has 0 amide bonds. The molecule has 0 atom stereocenters. The Hall–Kier alpha value is -2.68. The molecule has 0 aliphatic rings. The van der Waals surface area contributed by atoms with Gasteiger partial charge in [-0.3, -0.25) is 4.98 Å². The molecule has 0 N–H and O–H groups in total. The van der Waals surface area contributed by atoms with Gasteiger partial charge in [0.2, 0.25) is 11.6 Å². The van der Waals surface area contributed by atoms with Crippen LogP contribution in [0.25, 0.3) is 0 Å². The van der Waals surface area contributed by atoms with Crippen molar-refractivity contribution in [3.05, 3.63) is 82.1 Å². The average molecular weight is 457 g/mol. The summed E-state index contributed by atoms with van der Waals surface area (Å²) in [5.41, 5.74) is -0.579. The van der Waals surface area contributed by atoms with Gasteiger partial charge in [0, 0.05) is 13.6 Å². The van der Waals surface area contributed by atoms with E-state index in [-0.39, 0.29) is 5.69 Å². The van der Waals surface area contributed by atoms with Crippen LogP contribution in [0.2, 0.25) is 0 Å². The van der Waals surface area contributed by atoms with Crippen LogP contribution < -0.4 is 16.0 Å². The predicted octanol–water partition coefficient (Wildman–Crippen LogP) is 4.54. The molecule has 1 heterocycles. The van der Waals surface area contributed by atoms with Gasteiger partial charge in [0.1, 0.15) is 0 Å². The molecule has 0 saturated heterocycles. The van der Waals surface area contributed by atoms with Crippen LogP contribution in [0.3, 0.4) is 0 Å². The Balaban J connectivity index is 2.52. The molecule has 2 aromatic carbocycles. The minimum atomic E-state index is -3.54. The Bertz CT molecular complexity index is 1050. The maximum atomic E-state index is 14.4. The second-order valence-corrected chi connectivity index (χ2v) is 7.83. The lowest BCUT2D eigenvalue weighted by atomic mass is 10.3. The number of hydrogen-bond donors (Lipinski definition) is 0. The summed E-state index contributed by atoms with van der Waals surface area (Å²) in [5.74, 6) is -24.8. The number of aryl methyl sites for hydroxylation is 1. The van der Waals surface area contributed by atoms with Crippen molar-refractivity contribution in [2.75, 3.05) is 0 Å². The van der Waals surface area contributed by atoms with Crippen LogP contribution in [0.5, 0.6) is 0 Å². The van der Waals surface area contributed by atoms with E-state index in [0.29, 0.717) is 0 Å². The number of nitrogens with zero attached hydrogens (tertiary/aromatic N) is 1. The molecule has 0 saturated carbocycles. The molecule has 0 fully saturated rings. The van der Waals surface area contributed by atoms with Gasteiger partial charge in [0.25, 0.3) is 0 Å². The molecule has 0 bridgehead atoms. The Morgan fingerprint density at radius 1 is 0.533 bits per heavy atom. The zero-order valence-electron chi connectivity index (χ0n) is 14.4. The van der Waals surface area contributed by atoms with Crippen molar-refractivity contribution in [1.82, 2.24) is 4.98 Å². The highest BCUT2D eigenvalue weighted by Gasteiger charge is 2.38. The van der Waals surface area contributed by atoms with Gasteiger partial charge in [-0.15, -0.1) is 0 Å². The zero-order chi connectivity index (χ0) is 22.5. The van der Waals surface area contributed by atoms with Crippen LogP contribution in [-0.4, -0.2) is 4.98 Å². The van der Waals surface area contributed by atoms with Crippen molar-refractivity contribution in [2.24, 2.45) is 0 Å². The SMILES string of the molecule is Cc1cccc(P(c2c(F)c(F)c(F)c(F)c2F)c2c(F)c(F)c(F)c(F)c2F)n1. The van der Waals surface area contributed by atoms with Crippen molar-refractivity contribution >= 4 is 24.0 Å². The highest BCUT2D eigenvalue weighted by atomic mass is 31.1. The Kier molecular flexibility index (Phi) is 5.77. The zero-order valence-corrected chi connectivity index (χ0v) is 15.3. The van der Waals surface area contributed by atoms with E-state index < -0.39 is 82.1 Å². The molecule has 1 aromatic heterocycles. The van der Waals surface area contributed by atoms with Crippen LogP contribution in [0, 0.1) is 65.1 Å². The van der Waals surface area contributed by atoms with E-state index in [4.69, 9.17) is 0 Å². The van der Waals surface area contributed by atoms with E-state index in [1.165, 1.54) is 13.0 Å². The lowest BCUT2D eigenvalue weighted by Crippen LogP contribution is -2.34. The molecule has 158 valence electrons. The van der Waals surface area contributed by atoms with Crippen LogP contribution in [0.1, 0.15) is 5.69 Å². The van der Waals surface area contributed by atoms with Gasteiger partial charge in [-0.05, 0) is 19.1 Å². The van der Waals surface area contributed by atoms with Crippen molar-refractivity contribution in [3.8, 4) is 0 Å². The van der Waals surface area contributed by atoms with Gasteiger partial charge in [-0.25, -0.2) is 43.9 Å². The molecular weight excluding hydrogens is 451 g/mol. The summed E-state index contributed by atoms with van der Waals surface area (Å²) in [7, 11) is -3.54. The highest BCUT2D eigenvalue weighted by Crippen LogP contribution is 2.39. The van der Waals surface area contributed by atoms with Gasteiger partial charge in [0.05, 0.1) is 16.0 Å². The fourth-order valence-corrected chi connectivity index (χ4v) is 4.93. The Labute approximate surface area is 162 Å². The van der Waals surface area contributed by atoms with Crippen molar-refractivity contribution in [3.63, 3.8) is 0 Å². The normalized spacial score (nSPS) is 11.5. The third kappa shape index (κ3) is 3.30. The van der Waals surface area contributed by atoms with Crippen LogP contribution in [-0.2, 0) is 0 Å². The van der Waals surface area contributed by atoms with E-state index in [0.717, 1.165) is 12.1 Å². The quantitative estimate of drug-likeness (QED) is 0.244. The molecule has 0 aliphatic carbocycles. The largest absolute Gasteiger partial charge is 0.253 e. The van der Waals surface area contributed by atoms with E-state index >= 15 is 0 Å². The summed E-state index contributed by atoms with van der Waals surface area (Å²) in [4.78, 5) is 3.74. The molecule has 3 aromatic rings. The van der Waals surface area contributed by atoms with Gasteiger partial charge in [-0.2, -0.15) is 0 Å². The lowest BCUT2D eigenvalue weighted by molar-refractivity contribution is 0.383. The molecule has 0 spiro atoms. The van der Waals surface area contributed by atoms with Crippen molar-refractivity contribution < 1.29 is 43.9 Å². The fourth-order valence-electron chi connectivity index (χ4n) is 2.57. The molecule has 0 aliphatic heterocycles. The van der Waals surface area contributed by atoms with Gasteiger partial charge in [0.15, 0.2) is 46.5 Å². The van der Waals surface area contributed by atoms with Crippen LogP contribution in [0.4, 0.5) is 43.9 Å². The molecule has 1 nitrogen and oxygen atoms in total. The maximum Gasteiger partial charge on any atom is 0.200 e. The topological polar surface area (TPSA) is 12.9 Å². The van der Waals surface area contributed by atoms with E-state index in [1.54, 1.807) is 0 Å². The smallest absolute Gasteiger partial charge is 0.200 e. The average Bonchev–Trinajstić information content (AvgIpc) is 2.72. The number of hydrogen-bond acceptors (Lipinski definition) is 1. The molecule has 3 rings (SSSR count). The van der Waals surface area contributed by atoms with Gasteiger partial charge in [-0.1, -0.05) is 6.07 Å². The van der Waals surface area contributed by atoms with E-state index in [1.807, 2.05) is 0 Å². The first kappa shape index (κ1) is 22.0. The fraction of sp³-hybridized carbons (Fsp3) is 0.0556. The molecule has 0 unspecified atom stereocenters. The number of rotatable bonds is 3. The number of halogens is 10. The summed E-state index contributed by atoms with van der Waals surface area (Å²) in [6.07, 6.45) is 0. The summed E-state index contributed by atoms with van der Waals surface area (Å²) in [5, 5.41) is -3.52. The Morgan fingerprint density at radius 2 is 0.867 bits per heavy atom. The lowest BCUT2D eigenvalue weighted by Gasteiger charge is -2.22. The molecule has 0 radical (unpaired) electrons. The van der Waals surface area contributed by atoms with Gasteiger partial charge >= 0.3 is 0 Å². The second-order valence-electron chi connectivity index (χ2n) is 5.81. The first-order chi connectivity index (χ1) is 14.0. The third-order valence-corrected chi connectivity index (χ3v) is 6.31. The summed E-state index contributed by atoms with van der Waals surface area (Å²) < 4.78 is 139. The predicted molar refractivity (Wildman–Crippen MR) is 87.3 cm³/mol. The first-order valence-electron chi connectivity index (χ1n) is 7.75. The first-order valence-corrected chi connectivity index (χ1v) is 9.09. The van der Waals surface area contributed by atoms with Gasteiger partial charge < -0.3 is 0 Å². The minimum absolute atomic E-state index is 0.0766. The maximum absolute atomic E-state index is 14.4. The monoisotopic (exact) mass is 457 g/mol. The number of benzene rings is 2. The van der Waals surface area contributed by atoms with Crippen molar-refractivity contribution in [1.29, 1.82) is 0 Å².